The molecule has 0 spiro atoms. The molecule has 0 fully saturated rings. The molecule has 0 aliphatic carbocycles. The molecular formula is C25H21ClN2O4. The lowest BCUT2D eigenvalue weighted by Crippen LogP contribution is -2.32. The first-order valence-corrected chi connectivity index (χ1v) is 10.3. The van der Waals surface area contributed by atoms with E-state index in [0.717, 1.165) is 10.5 Å². The highest BCUT2D eigenvalue weighted by Gasteiger charge is 2.41. The number of amides is 2. The molecule has 0 aromatic heterocycles. The Morgan fingerprint density at radius 1 is 0.844 bits per heavy atom. The highest BCUT2D eigenvalue weighted by molar-refractivity contribution is 6.46. The topological polar surface area (TPSA) is 67.9 Å². The Hall–Kier alpha value is -3.77. The molecule has 0 saturated carbocycles. The molecule has 3 aromatic carbocycles. The van der Waals surface area contributed by atoms with Crippen molar-refractivity contribution in [2.75, 3.05) is 24.4 Å². The average Bonchev–Trinajstić information content (AvgIpc) is 3.03. The third kappa shape index (κ3) is 3.81. The second kappa shape index (κ2) is 8.77. The van der Waals surface area contributed by atoms with Crippen molar-refractivity contribution in [1.29, 1.82) is 0 Å². The molecule has 6 nitrogen and oxygen atoms in total. The summed E-state index contributed by atoms with van der Waals surface area (Å²) in [7, 11) is 3.02. The summed E-state index contributed by atoms with van der Waals surface area (Å²) in [5, 5.41) is 3.56. The summed E-state index contributed by atoms with van der Waals surface area (Å²) in [4.78, 5) is 28.4. The molecule has 0 bridgehead atoms. The van der Waals surface area contributed by atoms with Gasteiger partial charge in [0.15, 0.2) is 0 Å². The Balaban J connectivity index is 1.88. The first-order chi connectivity index (χ1) is 15.4. The molecule has 0 saturated heterocycles. The van der Waals surface area contributed by atoms with Crippen LogP contribution in [0, 0.1) is 6.92 Å². The highest BCUT2D eigenvalue weighted by atomic mass is 35.5. The summed E-state index contributed by atoms with van der Waals surface area (Å²) in [5.74, 6) is -0.0409. The summed E-state index contributed by atoms with van der Waals surface area (Å²) < 4.78 is 10.8. The number of aryl methyl sites for hydroxylation is 1. The molecule has 7 heteroatoms. The van der Waals surface area contributed by atoms with E-state index in [0.29, 0.717) is 33.5 Å². The number of hydrogen-bond donors (Lipinski definition) is 1. The standard InChI is InChI=1S/C25H21ClN2O4/c1-15-9-11-21(32-3)19(13-15)28-24(29)22(16-7-5-4-6-8-16)23(25(28)30)27-18-14-17(26)10-12-20(18)31-2/h4-14,27H,1-3H3. The number of rotatable bonds is 6. The van der Waals surface area contributed by atoms with Crippen molar-refractivity contribution in [3.05, 3.63) is 88.6 Å². The monoisotopic (exact) mass is 448 g/mol. The molecule has 1 N–H and O–H groups in total. The van der Waals surface area contributed by atoms with Gasteiger partial charge in [-0.25, -0.2) is 4.90 Å². The number of halogens is 1. The van der Waals surface area contributed by atoms with E-state index < -0.39 is 11.8 Å². The van der Waals surface area contributed by atoms with Gasteiger partial charge in [0.1, 0.15) is 17.2 Å². The van der Waals surface area contributed by atoms with E-state index in [4.69, 9.17) is 21.1 Å². The first kappa shape index (κ1) is 21.5. The summed E-state index contributed by atoms with van der Waals surface area (Å²) in [5.41, 5.74) is 2.74. The van der Waals surface area contributed by atoms with Crippen molar-refractivity contribution in [2.24, 2.45) is 0 Å². The number of imide groups is 1. The van der Waals surface area contributed by atoms with Crippen LogP contribution in [-0.2, 0) is 9.59 Å². The van der Waals surface area contributed by atoms with Gasteiger partial charge >= 0.3 is 0 Å². The van der Waals surface area contributed by atoms with Crippen LogP contribution < -0.4 is 19.7 Å². The number of nitrogens with zero attached hydrogens (tertiary/aromatic N) is 1. The maximum absolute atomic E-state index is 13.6. The highest BCUT2D eigenvalue weighted by Crippen LogP contribution is 2.39. The van der Waals surface area contributed by atoms with Gasteiger partial charge in [-0.2, -0.15) is 0 Å². The molecule has 1 aliphatic heterocycles. The van der Waals surface area contributed by atoms with E-state index in [2.05, 4.69) is 5.32 Å². The van der Waals surface area contributed by atoms with Crippen LogP contribution >= 0.6 is 11.6 Å². The van der Waals surface area contributed by atoms with E-state index in [-0.39, 0.29) is 11.3 Å². The second-order valence-corrected chi connectivity index (χ2v) is 7.64. The number of benzene rings is 3. The Bertz CT molecular complexity index is 1240. The maximum atomic E-state index is 13.6. The van der Waals surface area contributed by atoms with Crippen molar-refractivity contribution < 1.29 is 19.1 Å². The number of ether oxygens (including phenoxy) is 2. The summed E-state index contributed by atoms with van der Waals surface area (Å²) in [6.45, 7) is 1.88. The van der Waals surface area contributed by atoms with Crippen molar-refractivity contribution >= 4 is 40.4 Å². The van der Waals surface area contributed by atoms with Gasteiger partial charge in [-0.3, -0.25) is 9.59 Å². The van der Waals surface area contributed by atoms with E-state index in [9.17, 15) is 9.59 Å². The van der Waals surface area contributed by atoms with Crippen LogP contribution in [0.25, 0.3) is 5.57 Å². The zero-order chi connectivity index (χ0) is 22.8. The van der Waals surface area contributed by atoms with Crippen molar-refractivity contribution in [2.45, 2.75) is 6.92 Å². The predicted molar refractivity (Wildman–Crippen MR) is 125 cm³/mol. The first-order valence-electron chi connectivity index (χ1n) is 9.88. The number of methoxy groups -OCH3 is 2. The van der Waals surface area contributed by atoms with Crippen LogP contribution in [-0.4, -0.2) is 26.0 Å². The lowest BCUT2D eigenvalue weighted by molar-refractivity contribution is -0.120. The van der Waals surface area contributed by atoms with Gasteiger partial charge < -0.3 is 14.8 Å². The van der Waals surface area contributed by atoms with Gasteiger partial charge in [0.05, 0.1) is 31.2 Å². The van der Waals surface area contributed by atoms with Crippen LogP contribution in [0.15, 0.2) is 72.4 Å². The SMILES string of the molecule is COc1ccc(Cl)cc1NC1=C(c2ccccc2)C(=O)N(c2cc(C)ccc2OC)C1=O. The Morgan fingerprint density at radius 2 is 1.53 bits per heavy atom. The third-order valence-corrected chi connectivity index (χ3v) is 5.38. The minimum atomic E-state index is -0.500. The van der Waals surface area contributed by atoms with Crippen molar-refractivity contribution in [1.82, 2.24) is 0 Å². The zero-order valence-electron chi connectivity index (χ0n) is 17.8. The minimum absolute atomic E-state index is 0.130. The van der Waals surface area contributed by atoms with E-state index in [1.165, 1.54) is 14.2 Å². The minimum Gasteiger partial charge on any atom is -0.495 e. The number of anilines is 2. The Morgan fingerprint density at radius 3 is 2.22 bits per heavy atom. The number of hydrogen-bond acceptors (Lipinski definition) is 5. The van der Waals surface area contributed by atoms with Gasteiger partial charge in [-0.1, -0.05) is 48.0 Å². The van der Waals surface area contributed by atoms with Crippen molar-refractivity contribution in [3.8, 4) is 11.5 Å². The number of carbonyl (C=O) groups is 2. The Kier molecular flexibility index (Phi) is 5.88. The van der Waals surface area contributed by atoms with Crippen LogP contribution in [0.4, 0.5) is 11.4 Å². The molecule has 32 heavy (non-hydrogen) atoms. The van der Waals surface area contributed by atoms with Crippen molar-refractivity contribution in [3.63, 3.8) is 0 Å². The largest absolute Gasteiger partial charge is 0.495 e. The van der Waals surface area contributed by atoms with Crippen LogP contribution in [0.1, 0.15) is 11.1 Å². The summed E-state index contributed by atoms with van der Waals surface area (Å²) >= 11 is 6.17. The fraction of sp³-hybridized carbons (Fsp3) is 0.120. The lowest BCUT2D eigenvalue weighted by Gasteiger charge is -2.19. The fourth-order valence-electron chi connectivity index (χ4n) is 3.62. The lowest BCUT2D eigenvalue weighted by atomic mass is 10.0. The number of nitrogens with one attached hydrogen (secondary N) is 1. The smallest absolute Gasteiger partial charge is 0.282 e. The van der Waals surface area contributed by atoms with E-state index in [1.54, 1.807) is 42.5 Å². The van der Waals surface area contributed by atoms with Gasteiger partial charge in [-0.15, -0.1) is 0 Å². The van der Waals surface area contributed by atoms with Crippen LogP contribution in [0.5, 0.6) is 11.5 Å². The molecule has 162 valence electrons. The molecule has 2 amide bonds. The van der Waals surface area contributed by atoms with E-state index in [1.807, 2.05) is 31.2 Å². The Labute approximate surface area is 191 Å². The van der Waals surface area contributed by atoms with Gasteiger partial charge in [0.2, 0.25) is 0 Å². The predicted octanol–water partition coefficient (Wildman–Crippen LogP) is 5.06. The van der Waals surface area contributed by atoms with Gasteiger partial charge in [-0.05, 0) is 48.4 Å². The third-order valence-electron chi connectivity index (χ3n) is 5.14. The van der Waals surface area contributed by atoms with Gasteiger partial charge in [0, 0.05) is 5.02 Å². The van der Waals surface area contributed by atoms with Crippen LogP contribution in [0.2, 0.25) is 5.02 Å². The molecule has 0 atom stereocenters. The molecule has 0 unspecified atom stereocenters. The average molecular weight is 449 g/mol. The van der Waals surface area contributed by atoms with Gasteiger partial charge in [0.25, 0.3) is 11.8 Å². The molecule has 1 aliphatic rings. The quantitative estimate of drug-likeness (QED) is 0.534. The molecule has 4 rings (SSSR count). The normalized spacial score (nSPS) is 13.6. The molecular weight excluding hydrogens is 428 g/mol. The molecule has 0 radical (unpaired) electrons. The van der Waals surface area contributed by atoms with Crippen LogP contribution in [0.3, 0.4) is 0 Å². The van der Waals surface area contributed by atoms with E-state index >= 15 is 0 Å². The number of carbonyl (C=O) groups excluding carboxylic acids is 2. The molecule has 1 heterocycles. The summed E-state index contributed by atoms with van der Waals surface area (Å²) in [6, 6.07) is 19.4. The summed E-state index contributed by atoms with van der Waals surface area (Å²) in [6.07, 6.45) is 0. The fourth-order valence-corrected chi connectivity index (χ4v) is 3.80. The molecule has 3 aromatic rings. The maximum Gasteiger partial charge on any atom is 0.282 e. The second-order valence-electron chi connectivity index (χ2n) is 7.21. The zero-order valence-corrected chi connectivity index (χ0v) is 18.6.